The van der Waals surface area contributed by atoms with E-state index < -0.39 is 17.4 Å². The van der Waals surface area contributed by atoms with Gasteiger partial charge >= 0.3 is 5.97 Å². The second kappa shape index (κ2) is 7.43. The Morgan fingerprint density at radius 2 is 1.68 bits per heavy atom. The number of hydrogen-bond donors (Lipinski definition) is 1. The molecule has 0 radical (unpaired) electrons. The number of ether oxygens (including phenoxy) is 1. The van der Waals surface area contributed by atoms with Gasteiger partial charge in [-0.2, -0.15) is 0 Å². The molecule has 0 heterocycles. The smallest absolute Gasteiger partial charge is 0.328 e. The Hall–Kier alpha value is -1.84. The molecule has 4 heteroatoms. The average molecular weight is 305 g/mol. The second-order valence-electron chi connectivity index (χ2n) is 6.90. The zero-order valence-corrected chi connectivity index (χ0v) is 14.4. The monoisotopic (exact) mass is 305 g/mol. The van der Waals surface area contributed by atoms with Crippen molar-refractivity contribution in [1.29, 1.82) is 0 Å². The van der Waals surface area contributed by atoms with Crippen LogP contribution < -0.4 is 5.32 Å². The minimum atomic E-state index is -0.665. The van der Waals surface area contributed by atoms with Crippen LogP contribution in [0.2, 0.25) is 0 Å². The third-order valence-electron chi connectivity index (χ3n) is 3.56. The van der Waals surface area contributed by atoms with E-state index in [1.54, 1.807) is 0 Å². The third kappa shape index (κ3) is 5.17. The van der Waals surface area contributed by atoms with Crippen molar-refractivity contribution in [2.75, 3.05) is 7.11 Å². The van der Waals surface area contributed by atoms with Gasteiger partial charge in [-0.05, 0) is 17.0 Å². The molecular formula is C18H27NO3. The van der Waals surface area contributed by atoms with Gasteiger partial charge in [-0.3, -0.25) is 4.79 Å². The van der Waals surface area contributed by atoms with Crippen LogP contribution in [0.4, 0.5) is 0 Å². The van der Waals surface area contributed by atoms with E-state index in [1.807, 2.05) is 32.9 Å². The van der Waals surface area contributed by atoms with Gasteiger partial charge in [-0.25, -0.2) is 4.79 Å². The Morgan fingerprint density at radius 1 is 1.14 bits per heavy atom. The Morgan fingerprint density at radius 3 is 2.09 bits per heavy atom. The molecule has 0 spiro atoms. The lowest BCUT2D eigenvalue weighted by Crippen LogP contribution is -2.47. The summed E-state index contributed by atoms with van der Waals surface area (Å²) in [7, 11) is 1.33. The molecular weight excluding hydrogens is 278 g/mol. The van der Waals surface area contributed by atoms with Gasteiger partial charge in [-0.15, -0.1) is 0 Å². The maximum Gasteiger partial charge on any atom is 0.328 e. The zero-order valence-electron chi connectivity index (χ0n) is 14.4. The molecule has 1 atom stereocenters. The highest BCUT2D eigenvalue weighted by Crippen LogP contribution is 2.17. The topological polar surface area (TPSA) is 55.4 Å². The van der Waals surface area contributed by atoms with Crippen LogP contribution in [-0.4, -0.2) is 25.0 Å². The summed E-state index contributed by atoms with van der Waals surface area (Å²) in [5.74, 6) is -0.127. The van der Waals surface area contributed by atoms with Gasteiger partial charge in [0.1, 0.15) is 6.04 Å². The SMILES string of the molecule is COC(=O)[C@@H](Cc1ccc(C(C)C)cc1)NC(=O)C(C)(C)C. The lowest BCUT2D eigenvalue weighted by Gasteiger charge is -2.23. The molecule has 0 aliphatic heterocycles. The van der Waals surface area contributed by atoms with Crippen molar-refractivity contribution < 1.29 is 14.3 Å². The molecule has 1 aromatic carbocycles. The van der Waals surface area contributed by atoms with E-state index in [-0.39, 0.29) is 5.91 Å². The van der Waals surface area contributed by atoms with Crippen molar-refractivity contribution in [3.8, 4) is 0 Å². The van der Waals surface area contributed by atoms with E-state index in [2.05, 4.69) is 31.3 Å². The summed E-state index contributed by atoms with van der Waals surface area (Å²) >= 11 is 0. The number of hydrogen-bond acceptors (Lipinski definition) is 3. The Bertz CT molecular complexity index is 512. The Balaban J connectivity index is 2.85. The lowest BCUT2D eigenvalue weighted by molar-refractivity contribution is -0.146. The van der Waals surface area contributed by atoms with Crippen LogP contribution in [0.5, 0.6) is 0 Å². The van der Waals surface area contributed by atoms with E-state index in [9.17, 15) is 9.59 Å². The first-order valence-electron chi connectivity index (χ1n) is 7.62. The van der Waals surface area contributed by atoms with Gasteiger partial charge in [0.05, 0.1) is 7.11 Å². The number of amides is 1. The van der Waals surface area contributed by atoms with Gasteiger partial charge in [0.15, 0.2) is 0 Å². The highest BCUT2D eigenvalue weighted by molar-refractivity contribution is 5.87. The van der Waals surface area contributed by atoms with Crippen LogP contribution in [0.15, 0.2) is 24.3 Å². The van der Waals surface area contributed by atoms with E-state index in [1.165, 1.54) is 12.7 Å². The van der Waals surface area contributed by atoms with E-state index >= 15 is 0 Å². The molecule has 0 aliphatic rings. The standard InChI is InChI=1S/C18H27NO3/c1-12(2)14-9-7-13(8-10-14)11-15(16(20)22-6)19-17(21)18(3,4)5/h7-10,12,15H,11H2,1-6H3,(H,19,21)/t15-/m1/s1. The quantitative estimate of drug-likeness (QED) is 0.851. The molecule has 0 aromatic heterocycles. The number of carbonyl (C=O) groups is 2. The molecule has 22 heavy (non-hydrogen) atoms. The highest BCUT2D eigenvalue weighted by Gasteiger charge is 2.28. The fraction of sp³-hybridized carbons (Fsp3) is 0.556. The third-order valence-corrected chi connectivity index (χ3v) is 3.56. The zero-order chi connectivity index (χ0) is 16.9. The highest BCUT2D eigenvalue weighted by atomic mass is 16.5. The van der Waals surface area contributed by atoms with Crippen molar-refractivity contribution in [3.05, 3.63) is 35.4 Å². The summed E-state index contributed by atoms with van der Waals surface area (Å²) in [6, 6.07) is 7.43. The first-order chi connectivity index (χ1) is 10.1. The maximum atomic E-state index is 12.1. The maximum absolute atomic E-state index is 12.1. The van der Waals surface area contributed by atoms with Gasteiger partial charge < -0.3 is 10.1 Å². The number of esters is 1. The van der Waals surface area contributed by atoms with Crippen molar-refractivity contribution >= 4 is 11.9 Å². The molecule has 4 nitrogen and oxygen atoms in total. The number of methoxy groups -OCH3 is 1. The summed E-state index contributed by atoms with van der Waals surface area (Å²) in [5.41, 5.74) is 1.69. The van der Waals surface area contributed by atoms with E-state index in [4.69, 9.17) is 4.74 Å². The fourth-order valence-corrected chi connectivity index (χ4v) is 1.98. The molecule has 122 valence electrons. The first kappa shape index (κ1) is 18.2. The summed E-state index contributed by atoms with van der Waals surface area (Å²) in [6.45, 7) is 9.71. The minimum Gasteiger partial charge on any atom is -0.467 e. The molecule has 1 amide bonds. The number of benzene rings is 1. The van der Waals surface area contributed by atoms with Crippen LogP contribution in [0.3, 0.4) is 0 Å². The van der Waals surface area contributed by atoms with Gasteiger partial charge in [0.25, 0.3) is 0 Å². The van der Waals surface area contributed by atoms with Crippen LogP contribution in [-0.2, 0) is 20.7 Å². The molecule has 0 aliphatic carbocycles. The largest absolute Gasteiger partial charge is 0.467 e. The lowest BCUT2D eigenvalue weighted by atomic mass is 9.94. The first-order valence-corrected chi connectivity index (χ1v) is 7.62. The number of nitrogens with one attached hydrogen (secondary N) is 1. The van der Waals surface area contributed by atoms with Crippen molar-refractivity contribution in [2.45, 2.75) is 53.0 Å². The molecule has 0 saturated carbocycles. The van der Waals surface area contributed by atoms with Crippen molar-refractivity contribution in [2.24, 2.45) is 5.41 Å². The molecule has 0 saturated heterocycles. The summed E-state index contributed by atoms with van der Waals surface area (Å²) in [4.78, 5) is 24.0. The van der Waals surface area contributed by atoms with Gasteiger partial charge in [-0.1, -0.05) is 58.9 Å². The van der Waals surface area contributed by atoms with Crippen molar-refractivity contribution in [3.63, 3.8) is 0 Å². The molecule has 0 fully saturated rings. The molecule has 0 bridgehead atoms. The summed E-state index contributed by atoms with van der Waals surface area (Å²) in [6.07, 6.45) is 0.423. The average Bonchev–Trinajstić information content (AvgIpc) is 2.45. The second-order valence-corrected chi connectivity index (χ2v) is 6.90. The molecule has 1 aromatic rings. The van der Waals surface area contributed by atoms with Crippen LogP contribution in [0.25, 0.3) is 0 Å². The molecule has 0 unspecified atom stereocenters. The van der Waals surface area contributed by atoms with E-state index in [0.29, 0.717) is 12.3 Å². The number of carbonyl (C=O) groups excluding carboxylic acids is 2. The van der Waals surface area contributed by atoms with Gasteiger partial charge in [0, 0.05) is 11.8 Å². The normalized spacial score (nSPS) is 12.9. The minimum absolute atomic E-state index is 0.165. The molecule has 1 N–H and O–H groups in total. The predicted octanol–water partition coefficient (Wildman–Crippen LogP) is 3.06. The van der Waals surface area contributed by atoms with Crippen LogP contribution in [0, 0.1) is 5.41 Å². The molecule has 1 rings (SSSR count). The van der Waals surface area contributed by atoms with E-state index in [0.717, 1.165) is 5.56 Å². The summed E-state index contributed by atoms with van der Waals surface area (Å²) in [5, 5.41) is 2.78. The van der Waals surface area contributed by atoms with Crippen LogP contribution in [0.1, 0.15) is 51.7 Å². The Labute approximate surface area is 133 Å². The Kier molecular flexibility index (Phi) is 6.15. The van der Waals surface area contributed by atoms with Crippen molar-refractivity contribution in [1.82, 2.24) is 5.32 Å². The fourth-order valence-electron chi connectivity index (χ4n) is 1.98. The van der Waals surface area contributed by atoms with Gasteiger partial charge in [0.2, 0.25) is 5.91 Å². The number of rotatable bonds is 5. The predicted molar refractivity (Wildman–Crippen MR) is 87.6 cm³/mol. The summed E-state index contributed by atoms with van der Waals surface area (Å²) < 4.78 is 4.81. The van der Waals surface area contributed by atoms with Crippen LogP contribution >= 0.6 is 0 Å².